The molecule has 0 aliphatic rings. The second kappa shape index (κ2) is 8.90. The number of hydrogen-bond acceptors (Lipinski definition) is 4. The maximum atomic E-state index is 11.9. The van der Waals surface area contributed by atoms with Gasteiger partial charge in [0.25, 0.3) is 5.91 Å². The van der Waals surface area contributed by atoms with E-state index in [2.05, 4.69) is 21.2 Å². The first-order chi connectivity index (χ1) is 10.6. The fourth-order valence-corrected chi connectivity index (χ4v) is 2.75. The van der Waals surface area contributed by atoms with Crippen LogP contribution in [0.4, 0.5) is 0 Å². The van der Waals surface area contributed by atoms with Crippen molar-refractivity contribution in [1.82, 2.24) is 5.32 Å². The van der Waals surface area contributed by atoms with Crippen molar-refractivity contribution in [2.24, 2.45) is 0 Å². The first-order valence-corrected chi connectivity index (χ1v) is 8.90. The van der Waals surface area contributed by atoms with Crippen LogP contribution in [-0.2, 0) is 10.5 Å². The Kier molecular flexibility index (Phi) is 6.86. The van der Waals surface area contributed by atoms with Gasteiger partial charge in [0.05, 0.1) is 12.0 Å². The molecule has 1 aromatic carbocycles. The highest BCUT2D eigenvalue weighted by Crippen LogP contribution is 2.17. The number of benzene rings is 1. The molecule has 1 N–H and O–H groups in total. The molecular formula is C16H18BrNO3S. The van der Waals surface area contributed by atoms with Gasteiger partial charge in [-0.15, -0.1) is 0 Å². The topological polar surface area (TPSA) is 51.5 Å². The van der Waals surface area contributed by atoms with E-state index >= 15 is 0 Å². The van der Waals surface area contributed by atoms with E-state index in [0.717, 1.165) is 21.7 Å². The lowest BCUT2D eigenvalue weighted by molar-refractivity contribution is -0.127. The van der Waals surface area contributed by atoms with Crippen LogP contribution in [0.5, 0.6) is 5.75 Å². The predicted molar refractivity (Wildman–Crippen MR) is 92.1 cm³/mol. The van der Waals surface area contributed by atoms with Gasteiger partial charge < -0.3 is 14.5 Å². The van der Waals surface area contributed by atoms with Crippen molar-refractivity contribution in [2.45, 2.75) is 18.8 Å². The minimum absolute atomic E-state index is 0.110. The van der Waals surface area contributed by atoms with Crippen LogP contribution in [0, 0.1) is 0 Å². The Morgan fingerprint density at radius 1 is 1.36 bits per heavy atom. The van der Waals surface area contributed by atoms with E-state index in [1.54, 1.807) is 24.9 Å². The van der Waals surface area contributed by atoms with Crippen LogP contribution >= 0.6 is 27.7 Å². The number of carbonyl (C=O) groups is 1. The van der Waals surface area contributed by atoms with Gasteiger partial charge in [-0.05, 0) is 43.3 Å². The number of furan rings is 1. The highest BCUT2D eigenvalue weighted by Gasteiger charge is 2.13. The SMILES string of the molecule is CC(Oc1ccc(Br)cc1)C(=O)NCCSCc1ccco1. The highest BCUT2D eigenvalue weighted by molar-refractivity contribution is 9.10. The van der Waals surface area contributed by atoms with Crippen LogP contribution in [0.1, 0.15) is 12.7 Å². The van der Waals surface area contributed by atoms with E-state index in [1.165, 1.54) is 0 Å². The number of carbonyl (C=O) groups excluding carboxylic acids is 1. The van der Waals surface area contributed by atoms with Crippen LogP contribution in [-0.4, -0.2) is 24.3 Å². The standard InChI is InChI=1S/C16H18BrNO3S/c1-12(21-14-6-4-13(17)5-7-14)16(19)18-8-10-22-11-15-3-2-9-20-15/h2-7,9,12H,8,10-11H2,1H3,(H,18,19). The van der Waals surface area contributed by atoms with Gasteiger partial charge in [-0.3, -0.25) is 4.79 Å². The Hall–Kier alpha value is -1.40. The van der Waals surface area contributed by atoms with Gasteiger partial charge in [-0.1, -0.05) is 15.9 Å². The van der Waals surface area contributed by atoms with E-state index < -0.39 is 6.10 Å². The molecular weight excluding hydrogens is 366 g/mol. The molecule has 0 radical (unpaired) electrons. The highest BCUT2D eigenvalue weighted by atomic mass is 79.9. The van der Waals surface area contributed by atoms with Crippen LogP contribution in [0.25, 0.3) is 0 Å². The summed E-state index contributed by atoms with van der Waals surface area (Å²) in [6, 6.07) is 11.2. The summed E-state index contributed by atoms with van der Waals surface area (Å²) < 4.78 is 11.8. The second-order valence-electron chi connectivity index (χ2n) is 4.64. The number of ether oxygens (including phenoxy) is 1. The minimum atomic E-state index is -0.517. The third-order valence-electron chi connectivity index (χ3n) is 2.87. The number of hydrogen-bond donors (Lipinski definition) is 1. The van der Waals surface area contributed by atoms with E-state index in [4.69, 9.17) is 9.15 Å². The summed E-state index contributed by atoms with van der Waals surface area (Å²) in [5.74, 6) is 3.16. The molecule has 1 aromatic heterocycles. The number of rotatable bonds is 8. The summed E-state index contributed by atoms with van der Waals surface area (Å²) in [6.07, 6.45) is 1.15. The van der Waals surface area contributed by atoms with Crippen molar-refractivity contribution >= 4 is 33.6 Å². The molecule has 6 heteroatoms. The first-order valence-electron chi connectivity index (χ1n) is 6.95. The average Bonchev–Trinajstić information content (AvgIpc) is 3.02. The van der Waals surface area contributed by atoms with Crippen molar-refractivity contribution in [3.63, 3.8) is 0 Å². The Morgan fingerprint density at radius 2 is 2.14 bits per heavy atom. The smallest absolute Gasteiger partial charge is 0.260 e. The van der Waals surface area contributed by atoms with Gasteiger partial charge in [0.1, 0.15) is 11.5 Å². The second-order valence-corrected chi connectivity index (χ2v) is 6.66. The van der Waals surface area contributed by atoms with E-state index in [1.807, 2.05) is 36.4 Å². The monoisotopic (exact) mass is 383 g/mol. The van der Waals surface area contributed by atoms with Crippen LogP contribution in [0.2, 0.25) is 0 Å². The zero-order chi connectivity index (χ0) is 15.8. The fraction of sp³-hybridized carbons (Fsp3) is 0.312. The molecule has 1 unspecified atom stereocenters. The molecule has 0 fully saturated rings. The maximum Gasteiger partial charge on any atom is 0.260 e. The molecule has 1 amide bonds. The summed E-state index contributed by atoms with van der Waals surface area (Å²) >= 11 is 5.08. The molecule has 2 rings (SSSR count). The minimum Gasteiger partial charge on any atom is -0.481 e. The Balaban J connectivity index is 1.62. The van der Waals surface area contributed by atoms with Crippen molar-refractivity contribution in [3.8, 4) is 5.75 Å². The van der Waals surface area contributed by atoms with Gasteiger partial charge in [0, 0.05) is 16.8 Å². The molecule has 0 aliphatic heterocycles. The quantitative estimate of drug-likeness (QED) is 0.703. The fourth-order valence-electron chi connectivity index (χ4n) is 1.73. The normalized spacial score (nSPS) is 11.9. The molecule has 0 bridgehead atoms. The molecule has 0 spiro atoms. The largest absolute Gasteiger partial charge is 0.481 e. The Bertz CT molecular complexity index is 572. The van der Waals surface area contributed by atoms with Crippen molar-refractivity contribution in [3.05, 3.63) is 52.9 Å². The number of nitrogens with one attached hydrogen (secondary N) is 1. The molecule has 1 heterocycles. The summed E-state index contributed by atoms with van der Waals surface area (Å²) in [5, 5.41) is 2.87. The van der Waals surface area contributed by atoms with E-state index in [-0.39, 0.29) is 5.91 Å². The van der Waals surface area contributed by atoms with Gasteiger partial charge in [-0.2, -0.15) is 11.8 Å². The third-order valence-corrected chi connectivity index (χ3v) is 4.38. The zero-order valence-corrected chi connectivity index (χ0v) is 14.7. The number of thioether (sulfide) groups is 1. The van der Waals surface area contributed by atoms with Gasteiger partial charge in [0.2, 0.25) is 0 Å². The summed E-state index contributed by atoms with van der Waals surface area (Å²) in [5.41, 5.74) is 0. The van der Waals surface area contributed by atoms with Crippen LogP contribution in [0.3, 0.4) is 0 Å². The molecule has 4 nitrogen and oxygen atoms in total. The van der Waals surface area contributed by atoms with Gasteiger partial charge in [-0.25, -0.2) is 0 Å². The lowest BCUT2D eigenvalue weighted by Crippen LogP contribution is -2.37. The number of amides is 1. The first kappa shape index (κ1) is 17.0. The summed E-state index contributed by atoms with van der Waals surface area (Å²) in [6.45, 7) is 2.35. The Labute approximate surface area is 142 Å². The summed E-state index contributed by atoms with van der Waals surface area (Å²) in [7, 11) is 0. The molecule has 0 saturated carbocycles. The molecule has 0 aliphatic carbocycles. The average molecular weight is 384 g/mol. The molecule has 22 heavy (non-hydrogen) atoms. The molecule has 0 saturated heterocycles. The van der Waals surface area contributed by atoms with Crippen molar-refractivity contribution < 1.29 is 13.9 Å². The zero-order valence-electron chi connectivity index (χ0n) is 12.3. The lowest BCUT2D eigenvalue weighted by Gasteiger charge is -2.14. The van der Waals surface area contributed by atoms with Crippen molar-refractivity contribution in [2.75, 3.05) is 12.3 Å². The van der Waals surface area contributed by atoms with E-state index in [0.29, 0.717) is 12.3 Å². The van der Waals surface area contributed by atoms with Crippen molar-refractivity contribution in [1.29, 1.82) is 0 Å². The third kappa shape index (κ3) is 5.77. The molecule has 118 valence electrons. The Morgan fingerprint density at radius 3 is 2.82 bits per heavy atom. The molecule has 1 atom stereocenters. The predicted octanol–water partition coefficient (Wildman–Crippen LogP) is 3.86. The maximum absolute atomic E-state index is 11.9. The van der Waals surface area contributed by atoms with Crippen LogP contribution in [0.15, 0.2) is 51.6 Å². The van der Waals surface area contributed by atoms with Gasteiger partial charge in [0.15, 0.2) is 6.10 Å². The molecule has 2 aromatic rings. The summed E-state index contributed by atoms with van der Waals surface area (Å²) in [4.78, 5) is 11.9. The van der Waals surface area contributed by atoms with E-state index in [9.17, 15) is 4.79 Å². The number of halogens is 1. The van der Waals surface area contributed by atoms with Gasteiger partial charge >= 0.3 is 0 Å². The van der Waals surface area contributed by atoms with Crippen LogP contribution < -0.4 is 10.1 Å². The lowest BCUT2D eigenvalue weighted by atomic mass is 10.3.